The van der Waals surface area contributed by atoms with E-state index >= 15 is 0 Å². The van der Waals surface area contributed by atoms with Crippen molar-refractivity contribution in [2.45, 2.75) is 25.8 Å². The van der Waals surface area contributed by atoms with E-state index < -0.39 is 5.97 Å². The minimum Gasteiger partial charge on any atom is -0.480 e. The summed E-state index contributed by atoms with van der Waals surface area (Å²) < 4.78 is 1.10. The van der Waals surface area contributed by atoms with Crippen molar-refractivity contribution >= 4 is 21.9 Å². The van der Waals surface area contributed by atoms with Crippen LogP contribution in [0.1, 0.15) is 31.4 Å². The topological polar surface area (TPSA) is 43.8 Å². The average molecular weight is 355 g/mol. The molecule has 0 amide bonds. The van der Waals surface area contributed by atoms with Crippen molar-refractivity contribution in [2.24, 2.45) is 0 Å². The van der Waals surface area contributed by atoms with E-state index in [9.17, 15) is 4.79 Å². The number of hydrogen-bond donors (Lipinski definition) is 1. The zero-order chi connectivity index (χ0) is 15.2. The summed E-state index contributed by atoms with van der Waals surface area (Å²) in [5, 5.41) is 8.92. The summed E-state index contributed by atoms with van der Waals surface area (Å²) in [4.78, 5) is 15.4. The fourth-order valence-electron chi connectivity index (χ4n) is 3.04. The Kier molecular flexibility index (Phi) is 6.21. The second-order valence-electron chi connectivity index (χ2n) is 5.54. The number of benzene rings is 1. The molecule has 1 aromatic carbocycles. The molecule has 1 saturated heterocycles. The molecule has 1 aliphatic rings. The second-order valence-corrected chi connectivity index (χ2v) is 6.45. The third-order valence-corrected chi connectivity index (χ3v) is 4.59. The summed E-state index contributed by atoms with van der Waals surface area (Å²) in [6, 6.07) is 8.96. The monoisotopic (exact) mass is 354 g/mol. The van der Waals surface area contributed by atoms with Gasteiger partial charge in [-0.2, -0.15) is 0 Å². The molecule has 2 rings (SSSR count). The number of halogens is 1. The van der Waals surface area contributed by atoms with E-state index in [1.807, 2.05) is 4.90 Å². The Bertz CT molecular complexity index is 464. The fourth-order valence-corrected chi connectivity index (χ4v) is 3.31. The Morgan fingerprint density at radius 3 is 2.57 bits per heavy atom. The van der Waals surface area contributed by atoms with Crippen LogP contribution in [0.25, 0.3) is 0 Å². The van der Waals surface area contributed by atoms with Crippen LogP contribution in [0, 0.1) is 0 Å². The summed E-state index contributed by atoms with van der Waals surface area (Å²) in [5.74, 6) is -0.733. The molecule has 21 heavy (non-hydrogen) atoms. The third kappa shape index (κ3) is 4.80. The molecule has 1 heterocycles. The Morgan fingerprint density at radius 2 is 1.95 bits per heavy atom. The van der Waals surface area contributed by atoms with Crippen LogP contribution in [-0.2, 0) is 4.79 Å². The summed E-state index contributed by atoms with van der Waals surface area (Å²) in [6.45, 7) is 6.04. The van der Waals surface area contributed by atoms with Crippen molar-refractivity contribution in [2.75, 3.05) is 32.7 Å². The molecular weight excluding hydrogens is 332 g/mol. The number of hydrogen-bond acceptors (Lipinski definition) is 3. The first-order chi connectivity index (χ1) is 10.1. The average Bonchev–Trinajstić information content (AvgIpc) is 2.67. The lowest BCUT2D eigenvalue weighted by molar-refractivity contribution is -0.138. The Hall–Kier alpha value is -0.910. The standard InChI is InChI=1S/C16H23BrN2O2/c1-2-15(13-4-6-14(17)7-5-13)19-9-3-8-18(10-11-19)12-16(20)21/h4-7,15H,2-3,8-12H2,1H3,(H,20,21). The molecule has 1 atom stereocenters. The summed E-state index contributed by atoms with van der Waals surface area (Å²) in [7, 11) is 0. The van der Waals surface area contributed by atoms with Crippen molar-refractivity contribution in [3.05, 3.63) is 34.3 Å². The number of carbonyl (C=O) groups is 1. The summed E-state index contributed by atoms with van der Waals surface area (Å²) in [5.41, 5.74) is 1.34. The van der Waals surface area contributed by atoms with Gasteiger partial charge in [-0.1, -0.05) is 35.0 Å². The highest BCUT2D eigenvalue weighted by atomic mass is 79.9. The Morgan fingerprint density at radius 1 is 1.24 bits per heavy atom. The van der Waals surface area contributed by atoms with Crippen molar-refractivity contribution < 1.29 is 9.90 Å². The third-order valence-electron chi connectivity index (χ3n) is 4.06. The number of aliphatic carboxylic acids is 1. The number of nitrogens with zero attached hydrogens (tertiary/aromatic N) is 2. The van der Waals surface area contributed by atoms with Gasteiger partial charge >= 0.3 is 5.97 Å². The predicted molar refractivity (Wildman–Crippen MR) is 87.4 cm³/mol. The van der Waals surface area contributed by atoms with Gasteiger partial charge in [-0.3, -0.25) is 14.6 Å². The minimum absolute atomic E-state index is 0.156. The van der Waals surface area contributed by atoms with Crippen molar-refractivity contribution in [3.8, 4) is 0 Å². The smallest absolute Gasteiger partial charge is 0.317 e. The quantitative estimate of drug-likeness (QED) is 0.882. The molecule has 4 nitrogen and oxygen atoms in total. The van der Waals surface area contributed by atoms with Gasteiger partial charge in [0.15, 0.2) is 0 Å². The van der Waals surface area contributed by atoms with Gasteiger partial charge in [0, 0.05) is 36.7 Å². The summed E-state index contributed by atoms with van der Waals surface area (Å²) in [6.07, 6.45) is 2.10. The lowest BCUT2D eigenvalue weighted by atomic mass is 10.0. The first-order valence-corrected chi connectivity index (χ1v) is 8.33. The Balaban J connectivity index is 2.02. The minimum atomic E-state index is -0.733. The number of carboxylic acid groups (broad SMARTS) is 1. The highest BCUT2D eigenvalue weighted by molar-refractivity contribution is 9.10. The van der Waals surface area contributed by atoms with E-state index in [1.165, 1.54) is 5.56 Å². The van der Waals surface area contributed by atoms with Gasteiger partial charge in [0.25, 0.3) is 0 Å². The zero-order valence-corrected chi connectivity index (χ0v) is 14.1. The maximum absolute atomic E-state index is 10.8. The van der Waals surface area contributed by atoms with Gasteiger partial charge in [0.1, 0.15) is 0 Å². The van der Waals surface area contributed by atoms with Crippen LogP contribution in [0.4, 0.5) is 0 Å². The van der Waals surface area contributed by atoms with E-state index in [0.29, 0.717) is 6.04 Å². The van der Waals surface area contributed by atoms with Crippen molar-refractivity contribution in [1.82, 2.24) is 9.80 Å². The molecule has 0 radical (unpaired) electrons. The van der Waals surface area contributed by atoms with Crippen LogP contribution >= 0.6 is 15.9 Å². The van der Waals surface area contributed by atoms with Crippen molar-refractivity contribution in [1.29, 1.82) is 0 Å². The van der Waals surface area contributed by atoms with Crippen molar-refractivity contribution in [3.63, 3.8) is 0 Å². The van der Waals surface area contributed by atoms with Gasteiger partial charge in [-0.05, 0) is 30.5 Å². The van der Waals surface area contributed by atoms with E-state index in [2.05, 4.69) is 52.0 Å². The Labute approximate surface area is 134 Å². The van der Waals surface area contributed by atoms with Gasteiger partial charge in [-0.15, -0.1) is 0 Å². The molecule has 1 N–H and O–H groups in total. The number of carboxylic acids is 1. The maximum atomic E-state index is 10.8. The van der Waals surface area contributed by atoms with Crippen LogP contribution in [0.5, 0.6) is 0 Å². The van der Waals surface area contributed by atoms with E-state index in [0.717, 1.165) is 43.5 Å². The normalized spacial score (nSPS) is 19.1. The molecule has 1 fully saturated rings. The first-order valence-electron chi connectivity index (χ1n) is 7.54. The highest BCUT2D eigenvalue weighted by Gasteiger charge is 2.22. The van der Waals surface area contributed by atoms with Crippen LogP contribution in [0.2, 0.25) is 0 Å². The molecule has 0 aromatic heterocycles. The van der Waals surface area contributed by atoms with E-state index in [1.54, 1.807) is 0 Å². The number of rotatable bonds is 5. The van der Waals surface area contributed by atoms with Gasteiger partial charge in [0.05, 0.1) is 6.54 Å². The maximum Gasteiger partial charge on any atom is 0.317 e. The predicted octanol–water partition coefficient (Wildman–Crippen LogP) is 2.99. The first kappa shape index (κ1) is 16.5. The molecular formula is C16H23BrN2O2. The molecule has 0 aliphatic carbocycles. The SMILES string of the molecule is CCC(c1ccc(Br)cc1)N1CCCN(CC(=O)O)CC1. The molecule has 1 unspecified atom stereocenters. The fraction of sp³-hybridized carbons (Fsp3) is 0.562. The molecule has 116 valence electrons. The lowest BCUT2D eigenvalue weighted by Crippen LogP contribution is -2.35. The largest absolute Gasteiger partial charge is 0.480 e. The molecule has 1 aliphatic heterocycles. The van der Waals surface area contributed by atoms with Crippen LogP contribution < -0.4 is 0 Å². The van der Waals surface area contributed by atoms with Crippen LogP contribution in [-0.4, -0.2) is 53.6 Å². The van der Waals surface area contributed by atoms with Gasteiger partial charge in [0.2, 0.25) is 0 Å². The molecule has 5 heteroatoms. The molecule has 0 saturated carbocycles. The van der Waals surface area contributed by atoms with E-state index in [-0.39, 0.29) is 6.54 Å². The second kappa shape index (κ2) is 7.92. The molecule has 0 spiro atoms. The summed E-state index contributed by atoms with van der Waals surface area (Å²) >= 11 is 3.48. The highest BCUT2D eigenvalue weighted by Crippen LogP contribution is 2.26. The lowest BCUT2D eigenvalue weighted by Gasteiger charge is -2.30. The van der Waals surface area contributed by atoms with Gasteiger partial charge in [-0.25, -0.2) is 0 Å². The molecule has 1 aromatic rings. The zero-order valence-electron chi connectivity index (χ0n) is 12.5. The van der Waals surface area contributed by atoms with Crippen LogP contribution in [0.15, 0.2) is 28.7 Å². The molecule has 0 bridgehead atoms. The van der Waals surface area contributed by atoms with Crippen LogP contribution in [0.3, 0.4) is 0 Å². The van der Waals surface area contributed by atoms with Gasteiger partial charge < -0.3 is 5.11 Å². The van der Waals surface area contributed by atoms with E-state index in [4.69, 9.17) is 5.11 Å².